The van der Waals surface area contributed by atoms with Crippen LogP contribution in [0.3, 0.4) is 0 Å². The van der Waals surface area contributed by atoms with Gasteiger partial charge in [0.05, 0.1) is 12.2 Å². The third kappa shape index (κ3) is 1.92. The summed E-state index contributed by atoms with van der Waals surface area (Å²) in [6.07, 6.45) is 8.13. The lowest BCUT2D eigenvalue weighted by Gasteiger charge is -2.15. The zero-order valence-corrected chi connectivity index (χ0v) is 10.0. The molecule has 0 spiro atoms. The molecule has 0 saturated carbocycles. The van der Waals surface area contributed by atoms with Gasteiger partial charge in [-0.15, -0.1) is 0 Å². The molecule has 0 aromatic carbocycles. The van der Waals surface area contributed by atoms with Crippen LogP contribution in [0, 0.1) is 0 Å². The van der Waals surface area contributed by atoms with Crippen molar-refractivity contribution in [2.45, 2.75) is 19.4 Å². The first-order valence-electron chi connectivity index (χ1n) is 5.93. The van der Waals surface area contributed by atoms with E-state index in [1.807, 2.05) is 24.5 Å². The van der Waals surface area contributed by atoms with E-state index in [9.17, 15) is 0 Å². The van der Waals surface area contributed by atoms with Gasteiger partial charge in [-0.25, -0.2) is 14.5 Å². The minimum absolute atomic E-state index is 0.137. The molecule has 1 unspecified atom stereocenters. The molecule has 92 valence electrons. The third-order valence-electron chi connectivity index (χ3n) is 2.84. The molecule has 0 bridgehead atoms. The Labute approximate surface area is 104 Å². The quantitative estimate of drug-likeness (QED) is 0.734. The van der Waals surface area contributed by atoms with Crippen LogP contribution in [0.5, 0.6) is 0 Å². The van der Waals surface area contributed by atoms with E-state index in [2.05, 4.69) is 32.3 Å². The number of H-pyrrole nitrogens is 1. The van der Waals surface area contributed by atoms with Crippen molar-refractivity contribution in [2.24, 2.45) is 0 Å². The molecule has 1 atom stereocenters. The van der Waals surface area contributed by atoms with Crippen molar-refractivity contribution in [3.63, 3.8) is 0 Å². The van der Waals surface area contributed by atoms with Gasteiger partial charge < -0.3 is 10.3 Å². The van der Waals surface area contributed by atoms with Crippen LogP contribution in [-0.2, 0) is 0 Å². The summed E-state index contributed by atoms with van der Waals surface area (Å²) >= 11 is 0. The second-order valence-corrected chi connectivity index (χ2v) is 4.03. The number of hydrogen-bond acceptors (Lipinski definition) is 4. The van der Waals surface area contributed by atoms with E-state index in [0.29, 0.717) is 0 Å². The van der Waals surface area contributed by atoms with Crippen molar-refractivity contribution in [3.8, 4) is 0 Å². The van der Waals surface area contributed by atoms with Crippen molar-refractivity contribution < 1.29 is 0 Å². The normalized spacial score (nSPS) is 12.7. The van der Waals surface area contributed by atoms with E-state index in [1.165, 1.54) is 0 Å². The Morgan fingerprint density at radius 1 is 1.39 bits per heavy atom. The fourth-order valence-electron chi connectivity index (χ4n) is 1.90. The minimum Gasteiger partial charge on any atom is -0.360 e. The van der Waals surface area contributed by atoms with Crippen LogP contribution in [0.25, 0.3) is 5.65 Å². The van der Waals surface area contributed by atoms with E-state index in [4.69, 9.17) is 0 Å². The lowest BCUT2D eigenvalue weighted by atomic mass is 10.2. The Hall–Kier alpha value is -2.37. The first-order chi connectivity index (χ1) is 8.86. The summed E-state index contributed by atoms with van der Waals surface area (Å²) in [5.41, 5.74) is 0.828. The average molecular weight is 242 g/mol. The van der Waals surface area contributed by atoms with Crippen molar-refractivity contribution >= 4 is 11.5 Å². The van der Waals surface area contributed by atoms with Crippen molar-refractivity contribution in [2.75, 3.05) is 5.32 Å². The van der Waals surface area contributed by atoms with E-state index in [-0.39, 0.29) is 6.04 Å². The molecule has 18 heavy (non-hydrogen) atoms. The number of aromatic amines is 1. The largest absolute Gasteiger partial charge is 0.360 e. The Morgan fingerprint density at radius 3 is 3.11 bits per heavy atom. The van der Waals surface area contributed by atoms with Crippen molar-refractivity contribution in [3.05, 3.63) is 42.7 Å². The fraction of sp³-hybridized carbons (Fsp3) is 0.250. The molecule has 0 aliphatic carbocycles. The number of nitrogens with one attached hydrogen (secondary N) is 2. The summed E-state index contributed by atoms with van der Waals surface area (Å²) < 4.78 is 1.74. The van der Waals surface area contributed by atoms with Crippen LogP contribution in [0.2, 0.25) is 0 Å². The molecule has 0 aliphatic rings. The van der Waals surface area contributed by atoms with Crippen LogP contribution >= 0.6 is 0 Å². The summed E-state index contributed by atoms with van der Waals surface area (Å²) in [7, 11) is 0. The summed E-state index contributed by atoms with van der Waals surface area (Å²) in [6, 6.07) is 3.92. The van der Waals surface area contributed by atoms with Gasteiger partial charge in [-0.1, -0.05) is 6.92 Å². The maximum Gasteiger partial charge on any atom is 0.157 e. The van der Waals surface area contributed by atoms with E-state index >= 15 is 0 Å². The SMILES string of the molecule is CCC(Nc1ccn2nccc2n1)c1ncc[nH]1. The number of nitrogens with zero attached hydrogens (tertiary/aromatic N) is 4. The molecule has 3 heterocycles. The van der Waals surface area contributed by atoms with Gasteiger partial charge in [-0.2, -0.15) is 5.10 Å². The minimum atomic E-state index is 0.137. The van der Waals surface area contributed by atoms with Crippen molar-refractivity contribution in [1.82, 2.24) is 24.6 Å². The second-order valence-electron chi connectivity index (χ2n) is 4.03. The van der Waals surface area contributed by atoms with Gasteiger partial charge in [-0.05, 0) is 12.5 Å². The highest BCUT2D eigenvalue weighted by Gasteiger charge is 2.12. The standard InChI is InChI=1S/C12H14N6/c1-2-9(12-13-6-7-14-12)16-10-4-8-18-11(17-10)3-5-15-18/h3-9H,2H2,1H3,(H,13,14)(H,16,17). The smallest absolute Gasteiger partial charge is 0.157 e. The number of aromatic nitrogens is 5. The molecule has 0 fully saturated rings. The molecular weight excluding hydrogens is 228 g/mol. The van der Waals surface area contributed by atoms with Crippen LogP contribution in [0.1, 0.15) is 25.2 Å². The van der Waals surface area contributed by atoms with Gasteiger partial charge >= 0.3 is 0 Å². The topological polar surface area (TPSA) is 70.9 Å². The molecule has 6 heteroatoms. The van der Waals surface area contributed by atoms with Crippen LogP contribution in [0.15, 0.2) is 36.9 Å². The summed E-state index contributed by atoms with van der Waals surface area (Å²) in [4.78, 5) is 11.9. The molecule has 6 nitrogen and oxygen atoms in total. The molecule has 0 radical (unpaired) electrons. The zero-order chi connectivity index (χ0) is 12.4. The molecule has 3 aromatic heterocycles. The highest BCUT2D eigenvalue weighted by Crippen LogP contribution is 2.18. The van der Waals surface area contributed by atoms with Gasteiger partial charge in [0.25, 0.3) is 0 Å². The molecule has 0 amide bonds. The summed E-state index contributed by atoms with van der Waals surface area (Å²) in [5, 5.41) is 7.48. The lowest BCUT2D eigenvalue weighted by molar-refractivity contribution is 0.700. The predicted molar refractivity (Wildman–Crippen MR) is 68.2 cm³/mol. The number of imidazole rings is 1. The monoisotopic (exact) mass is 242 g/mol. The molecule has 0 saturated heterocycles. The molecular formula is C12H14N6. The number of hydrogen-bond donors (Lipinski definition) is 2. The second kappa shape index (κ2) is 4.48. The van der Waals surface area contributed by atoms with Gasteiger partial charge in [-0.3, -0.25) is 0 Å². The molecule has 2 N–H and O–H groups in total. The fourth-order valence-corrected chi connectivity index (χ4v) is 1.90. The predicted octanol–water partition coefficient (Wildman–Crippen LogP) is 2.02. The number of rotatable bonds is 4. The highest BCUT2D eigenvalue weighted by molar-refractivity contribution is 5.46. The Balaban J connectivity index is 1.86. The van der Waals surface area contributed by atoms with Crippen LogP contribution in [-0.4, -0.2) is 24.6 Å². The lowest BCUT2D eigenvalue weighted by Crippen LogP contribution is -2.12. The highest BCUT2D eigenvalue weighted by atomic mass is 15.2. The van der Waals surface area contributed by atoms with Gasteiger partial charge in [0.15, 0.2) is 5.65 Å². The number of fused-ring (bicyclic) bond motifs is 1. The Kier molecular flexibility index (Phi) is 2.68. The first kappa shape index (κ1) is 10.8. The van der Waals surface area contributed by atoms with Gasteiger partial charge in [0.1, 0.15) is 11.6 Å². The van der Waals surface area contributed by atoms with E-state index in [1.54, 1.807) is 16.9 Å². The van der Waals surface area contributed by atoms with E-state index < -0.39 is 0 Å². The Morgan fingerprint density at radius 2 is 2.33 bits per heavy atom. The van der Waals surface area contributed by atoms with Gasteiger partial charge in [0.2, 0.25) is 0 Å². The number of anilines is 1. The average Bonchev–Trinajstić information content (AvgIpc) is 3.06. The zero-order valence-electron chi connectivity index (χ0n) is 10.0. The van der Waals surface area contributed by atoms with Crippen LogP contribution < -0.4 is 5.32 Å². The first-order valence-corrected chi connectivity index (χ1v) is 5.93. The van der Waals surface area contributed by atoms with Crippen molar-refractivity contribution in [1.29, 1.82) is 0 Å². The summed E-state index contributed by atoms with van der Waals surface area (Å²) in [5.74, 6) is 1.75. The summed E-state index contributed by atoms with van der Waals surface area (Å²) in [6.45, 7) is 2.11. The van der Waals surface area contributed by atoms with Crippen LogP contribution in [0.4, 0.5) is 5.82 Å². The Bertz CT molecular complexity index is 627. The third-order valence-corrected chi connectivity index (χ3v) is 2.84. The van der Waals surface area contributed by atoms with Gasteiger partial charge in [0, 0.05) is 24.7 Å². The maximum absolute atomic E-state index is 4.48. The maximum atomic E-state index is 4.48. The van der Waals surface area contributed by atoms with E-state index in [0.717, 1.165) is 23.7 Å². The molecule has 0 aliphatic heterocycles. The molecule has 3 rings (SSSR count). The molecule has 3 aromatic rings.